The Morgan fingerprint density at radius 3 is 2.97 bits per heavy atom. The number of ether oxygens (including phenoxy) is 1. The van der Waals surface area contributed by atoms with E-state index in [9.17, 15) is 4.79 Å². The molecule has 0 aliphatic carbocycles. The van der Waals surface area contributed by atoms with Gasteiger partial charge in [-0.3, -0.25) is 9.36 Å². The minimum absolute atomic E-state index is 0.0479. The molecule has 0 amide bonds. The summed E-state index contributed by atoms with van der Waals surface area (Å²) >= 11 is 7.66. The highest BCUT2D eigenvalue weighted by Gasteiger charge is 2.20. The zero-order chi connectivity index (χ0) is 20.7. The molecule has 0 N–H and O–H groups in total. The summed E-state index contributed by atoms with van der Waals surface area (Å²) in [5, 5.41) is 1.81. The van der Waals surface area contributed by atoms with Crippen LogP contribution in [0.25, 0.3) is 16.6 Å². The van der Waals surface area contributed by atoms with E-state index in [1.54, 1.807) is 22.8 Å². The normalized spacial score (nSPS) is 16.7. The van der Waals surface area contributed by atoms with E-state index in [1.165, 1.54) is 17.3 Å². The first-order chi connectivity index (χ1) is 14.6. The van der Waals surface area contributed by atoms with Crippen LogP contribution in [0.2, 0.25) is 5.02 Å². The molecule has 1 aromatic carbocycles. The first kappa shape index (κ1) is 19.6. The Kier molecular flexibility index (Phi) is 5.26. The average Bonchev–Trinajstić information content (AvgIpc) is 3.37. The summed E-state index contributed by atoms with van der Waals surface area (Å²) in [4.78, 5) is 22.7. The van der Waals surface area contributed by atoms with Crippen LogP contribution in [0, 0.1) is 6.92 Å². The van der Waals surface area contributed by atoms with Crippen molar-refractivity contribution in [2.75, 3.05) is 6.61 Å². The van der Waals surface area contributed by atoms with E-state index in [4.69, 9.17) is 21.3 Å². The number of hydrogen-bond acceptors (Lipinski definition) is 5. The molecule has 4 aromatic rings. The second kappa shape index (κ2) is 8.06. The molecule has 4 heterocycles. The van der Waals surface area contributed by atoms with Gasteiger partial charge in [0, 0.05) is 29.8 Å². The van der Waals surface area contributed by atoms with Crippen LogP contribution in [0.15, 0.2) is 52.7 Å². The monoisotopic (exact) mass is 440 g/mol. The number of rotatable bonds is 5. The van der Waals surface area contributed by atoms with Crippen LogP contribution >= 0.6 is 23.4 Å². The van der Waals surface area contributed by atoms with Crippen LogP contribution in [0.5, 0.6) is 0 Å². The van der Waals surface area contributed by atoms with Gasteiger partial charge in [-0.2, -0.15) is 0 Å². The van der Waals surface area contributed by atoms with Gasteiger partial charge in [0.05, 0.1) is 29.2 Å². The Morgan fingerprint density at radius 1 is 1.23 bits per heavy atom. The minimum atomic E-state index is -0.0553. The summed E-state index contributed by atoms with van der Waals surface area (Å²) in [6.45, 7) is 3.32. The number of benzene rings is 1. The lowest BCUT2D eigenvalue weighted by atomic mass is 10.2. The number of aryl methyl sites for hydroxylation is 1. The predicted molar refractivity (Wildman–Crippen MR) is 119 cm³/mol. The van der Waals surface area contributed by atoms with Gasteiger partial charge >= 0.3 is 0 Å². The van der Waals surface area contributed by atoms with Crippen molar-refractivity contribution in [1.29, 1.82) is 0 Å². The highest BCUT2D eigenvalue weighted by molar-refractivity contribution is 7.98. The maximum atomic E-state index is 13.2. The van der Waals surface area contributed by atoms with Crippen molar-refractivity contribution in [3.05, 3.63) is 69.4 Å². The third kappa shape index (κ3) is 3.85. The maximum Gasteiger partial charge on any atom is 0.262 e. The van der Waals surface area contributed by atoms with E-state index in [2.05, 4.69) is 18.1 Å². The molecule has 8 heteroatoms. The molecule has 6 nitrogen and oxygen atoms in total. The van der Waals surface area contributed by atoms with Crippen molar-refractivity contribution in [3.63, 3.8) is 0 Å². The predicted octanol–water partition coefficient (Wildman–Crippen LogP) is 4.48. The third-order valence-electron chi connectivity index (χ3n) is 5.29. The number of nitrogens with zero attached hydrogens (tertiary/aromatic N) is 4. The first-order valence-electron chi connectivity index (χ1n) is 9.95. The molecule has 0 radical (unpaired) electrons. The van der Waals surface area contributed by atoms with Crippen LogP contribution in [0.3, 0.4) is 0 Å². The van der Waals surface area contributed by atoms with Gasteiger partial charge < -0.3 is 9.14 Å². The Morgan fingerprint density at radius 2 is 2.13 bits per heavy atom. The molecule has 1 aliphatic rings. The molecule has 1 unspecified atom stereocenters. The fraction of sp³-hybridized carbons (Fsp3) is 0.318. The topological polar surface area (TPSA) is 61.4 Å². The molecule has 5 rings (SSSR count). The van der Waals surface area contributed by atoms with Crippen molar-refractivity contribution in [3.8, 4) is 0 Å². The quantitative estimate of drug-likeness (QED) is 0.338. The lowest BCUT2D eigenvalue weighted by molar-refractivity contribution is 0.0937. The summed E-state index contributed by atoms with van der Waals surface area (Å²) < 4.78 is 9.55. The number of aromatic nitrogens is 4. The van der Waals surface area contributed by atoms with Crippen molar-refractivity contribution in [2.24, 2.45) is 0 Å². The van der Waals surface area contributed by atoms with Crippen LogP contribution in [-0.2, 0) is 17.0 Å². The molecule has 1 saturated heterocycles. The highest BCUT2D eigenvalue weighted by atomic mass is 35.5. The summed E-state index contributed by atoms with van der Waals surface area (Å²) in [6.07, 6.45) is 6.11. The molecule has 3 aromatic heterocycles. The Hall–Kier alpha value is -2.35. The zero-order valence-electron chi connectivity index (χ0n) is 16.5. The minimum Gasteiger partial charge on any atom is -0.376 e. The lowest BCUT2D eigenvalue weighted by Crippen LogP contribution is -2.28. The van der Waals surface area contributed by atoms with Gasteiger partial charge in [-0.25, -0.2) is 9.97 Å². The Balaban J connectivity index is 1.50. The van der Waals surface area contributed by atoms with Crippen molar-refractivity contribution >= 4 is 39.9 Å². The first-order valence-corrected chi connectivity index (χ1v) is 11.3. The maximum absolute atomic E-state index is 13.2. The number of thioether (sulfide) groups is 1. The highest BCUT2D eigenvalue weighted by Crippen LogP contribution is 2.25. The Bertz CT molecular complexity index is 1290. The molecule has 30 heavy (non-hydrogen) atoms. The zero-order valence-corrected chi connectivity index (χ0v) is 18.1. The smallest absolute Gasteiger partial charge is 0.262 e. The molecule has 0 spiro atoms. The molecule has 1 fully saturated rings. The van der Waals surface area contributed by atoms with Crippen molar-refractivity contribution in [1.82, 2.24) is 18.9 Å². The summed E-state index contributed by atoms with van der Waals surface area (Å²) in [5.41, 5.74) is 3.59. The van der Waals surface area contributed by atoms with E-state index in [-0.39, 0.29) is 11.7 Å². The fourth-order valence-electron chi connectivity index (χ4n) is 3.80. The van der Waals surface area contributed by atoms with Crippen LogP contribution in [-0.4, -0.2) is 31.6 Å². The van der Waals surface area contributed by atoms with E-state index in [1.807, 2.05) is 22.7 Å². The summed E-state index contributed by atoms with van der Waals surface area (Å²) in [7, 11) is 0. The van der Waals surface area contributed by atoms with Gasteiger partial charge in [-0.05, 0) is 49.6 Å². The van der Waals surface area contributed by atoms with Gasteiger partial charge in [0.15, 0.2) is 5.16 Å². The molecule has 0 saturated carbocycles. The molecule has 1 atom stereocenters. The molecule has 1 aliphatic heterocycles. The number of halogens is 1. The summed E-state index contributed by atoms with van der Waals surface area (Å²) in [5.74, 6) is 0.616. The van der Waals surface area contributed by atoms with Crippen LogP contribution < -0.4 is 5.56 Å². The second-order valence-corrected chi connectivity index (χ2v) is 8.98. The third-order valence-corrected chi connectivity index (χ3v) is 6.54. The number of hydrogen-bond donors (Lipinski definition) is 0. The molecule has 0 bridgehead atoms. The number of fused-ring (bicyclic) bond motifs is 2. The van der Waals surface area contributed by atoms with Gasteiger partial charge in [0.1, 0.15) is 5.65 Å². The van der Waals surface area contributed by atoms with Gasteiger partial charge in [0.2, 0.25) is 0 Å². The second-order valence-electron chi connectivity index (χ2n) is 7.60. The molecular formula is C22H21ClN4O2S. The molecular weight excluding hydrogens is 420 g/mol. The van der Waals surface area contributed by atoms with Crippen LogP contribution in [0.4, 0.5) is 0 Å². The SMILES string of the molecule is Cc1ccc2nc(CSc3nc4cc(Cl)ccc4c(=O)n3CC3CCCO3)cn2c1. The van der Waals surface area contributed by atoms with Gasteiger partial charge in [-0.1, -0.05) is 29.4 Å². The van der Waals surface area contributed by atoms with Gasteiger partial charge in [-0.15, -0.1) is 0 Å². The lowest BCUT2D eigenvalue weighted by Gasteiger charge is -2.16. The van der Waals surface area contributed by atoms with E-state index >= 15 is 0 Å². The fourth-order valence-corrected chi connectivity index (χ4v) is 4.86. The van der Waals surface area contributed by atoms with E-state index in [0.717, 1.165) is 30.8 Å². The van der Waals surface area contributed by atoms with Crippen molar-refractivity contribution in [2.45, 2.75) is 43.3 Å². The number of pyridine rings is 1. The standard InChI is InChI=1S/C22H21ClN4O2S/c1-14-4-7-20-24-16(11-26(20)10-14)13-30-22-25-19-9-15(23)5-6-18(19)21(28)27(22)12-17-3-2-8-29-17/h4-7,9-11,17H,2-3,8,12-13H2,1H3. The van der Waals surface area contributed by atoms with E-state index in [0.29, 0.717) is 33.4 Å². The summed E-state index contributed by atoms with van der Waals surface area (Å²) in [6, 6.07) is 9.28. The molecule has 154 valence electrons. The average molecular weight is 441 g/mol. The van der Waals surface area contributed by atoms with Crippen molar-refractivity contribution < 1.29 is 4.74 Å². The number of imidazole rings is 1. The largest absolute Gasteiger partial charge is 0.376 e. The van der Waals surface area contributed by atoms with Crippen LogP contribution in [0.1, 0.15) is 24.1 Å². The Labute approximate surface area is 182 Å². The van der Waals surface area contributed by atoms with Gasteiger partial charge in [0.25, 0.3) is 5.56 Å². The van der Waals surface area contributed by atoms with E-state index < -0.39 is 0 Å².